The normalized spacial score (nSPS) is 10.3. The molecule has 0 amide bonds. The highest BCUT2D eigenvalue weighted by atomic mass is 79.9. The van der Waals surface area contributed by atoms with Crippen molar-refractivity contribution in [3.05, 3.63) is 47.1 Å². The van der Waals surface area contributed by atoms with Crippen LogP contribution in [0.1, 0.15) is 12.5 Å². The first-order chi connectivity index (χ1) is 9.22. The van der Waals surface area contributed by atoms with Crippen LogP contribution in [0.2, 0.25) is 5.02 Å². The molecule has 2 aromatic rings. The van der Waals surface area contributed by atoms with Crippen LogP contribution >= 0.6 is 27.5 Å². The summed E-state index contributed by atoms with van der Waals surface area (Å²) in [5.74, 6) is 1.79. The van der Waals surface area contributed by atoms with E-state index < -0.39 is 0 Å². The Bertz CT molecular complexity index is 546. The van der Waals surface area contributed by atoms with Crippen molar-refractivity contribution in [3.63, 3.8) is 0 Å². The number of pyridine rings is 1. The zero-order valence-electron chi connectivity index (χ0n) is 10.4. The van der Waals surface area contributed by atoms with Crippen molar-refractivity contribution in [2.24, 2.45) is 0 Å². The lowest BCUT2D eigenvalue weighted by atomic mass is 10.3. The third-order valence-corrected chi connectivity index (χ3v) is 3.32. The first-order valence-corrected chi connectivity index (χ1v) is 7.34. The summed E-state index contributed by atoms with van der Waals surface area (Å²) in [5, 5.41) is 1.27. The molecule has 0 saturated carbocycles. The number of benzene rings is 1. The Labute approximate surface area is 125 Å². The topological polar surface area (TPSA) is 31.4 Å². The highest BCUT2D eigenvalue weighted by Crippen LogP contribution is 2.31. The van der Waals surface area contributed by atoms with Gasteiger partial charge in [-0.15, -0.1) is 0 Å². The molecular weight excluding hydrogens is 330 g/mol. The van der Waals surface area contributed by atoms with Crippen LogP contribution in [0.4, 0.5) is 0 Å². The Kier molecular flexibility index (Phi) is 5.05. The predicted molar refractivity (Wildman–Crippen MR) is 79.6 cm³/mol. The van der Waals surface area contributed by atoms with Crippen molar-refractivity contribution in [1.82, 2.24) is 4.98 Å². The fourth-order valence-electron chi connectivity index (χ4n) is 1.48. The van der Waals surface area contributed by atoms with Crippen molar-refractivity contribution >= 4 is 27.5 Å². The highest BCUT2D eigenvalue weighted by Gasteiger charge is 2.06. The van der Waals surface area contributed by atoms with E-state index in [1.807, 2.05) is 25.1 Å². The Morgan fingerprint density at radius 2 is 2.11 bits per heavy atom. The average molecular weight is 343 g/mol. The van der Waals surface area contributed by atoms with Gasteiger partial charge in [-0.1, -0.05) is 33.6 Å². The molecule has 0 fully saturated rings. The molecule has 3 nitrogen and oxygen atoms in total. The van der Waals surface area contributed by atoms with Gasteiger partial charge in [0.1, 0.15) is 11.5 Å². The van der Waals surface area contributed by atoms with Gasteiger partial charge < -0.3 is 9.47 Å². The molecule has 0 aliphatic rings. The quantitative estimate of drug-likeness (QED) is 0.730. The van der Waals surface area contributed by atoms with E-state index in [2.05, 4.69) is 20.9 Å². The van der Waals surface area contributed by atoms with E-state index in [9.17, 15) is 0 Å². The Balaban J connectivity index is 2.13. The monoisotopic (exact) mass is 341 g/mol. The minimum absolute atomic E-state index is 0.498. The molecule has 0 N–H and O–H groups in total. The minimum atomic E-state index is 0.498. The lowest BCUT2D eigenvalue weighted by Gasteiger charge is -2.09. The molecule has 1 heterocycles. The van der Waals surface area contributed by atoms with Crippen molar-refractivity contribution in [2.45, 2.75) is 12.3 Å². The van der Waals surface area contributed by atoms with Crippen LogP contribution in [-0.2, 0) is 5.33 Å². The zero-order chi connectivity index (χ0) is 13.7. The molecule has 0 spiro atoms. The summed E-state index contributed by atoms with van der Waals surface area (Å²) in [5.41, 5.74) is 1.09. The van der Waals surface area contributed by atoms with Crippen molar-refractivity contribution in [3.8, 4) is 17.4 Å². The molecule has 1 aromatic carbocycles. The van der Waals surface area contributed by atoms with Crippen LogP contribution in [0.25, 0.3) is 0 Å². The maximum absolute atomic E-state index is 6.13. The molecule has 100 valence electrons. The van der Waals surface area contributed by atoms with Gasteiger partial charge in [0, 0.05) is 23.7 Å². The summed E-state index contributed by atoms with van der Waals surface area (Å²) in [6.07, 6.45) is 1.76. The lowest BCUT2D eigenvalue weighted by Crippen LogP contribution is -1.93. The van der Waals surface area contributed by atoms with E-state index >= 15 is 0 Å². The van der Waals surface area contributed by atoms with Gasteiger partial charge in [-0.3, -0.25) is 0 Å². The number of hydrogen-bond acceptors (Lipinski definition) is 3. The summed E-state index contributed by atoms with van der Waals surface area (Å²) in [4.78, 5) is 4.20. The molecule has 1 aromatic heterocycles. The zero-order valence-corrected chi connectivity index (χ0v) is 12.7. The van der Waals surface area contributed by atoms with Gasteiger partial charge in [-0.05, 0) is 24.6 Å². The summed E-state index contributed by atoms with van der Waals surface area (Å²) in [6.45, 7) is 2.53. The van der Waals surface area contributed by atoms with Gasteiger partial charge in [-0.2, -0.15) is 0 Å². The van der Waals surface area contributed by atoms with E-state index in [0.717, 1.165) is 16.6 Å². The number of alkyl halides is 1. The Hall–Kier alpha value is -1.26. The summed E-state index contributed by atoms with van der Waals surface area (Å²) < 4.78 is 11.0. The van der Waals surface area contributed by atoms with Gasteiger partial charge >= 0.3 is 0 Å². The summed E-state index contributed by atoms with van der Waals surface area (Å²) in [7, 11) is 0. The van der Waals surface area contributed by atoms with Crippen LogP contribution in [-0.4, -0.2) is 11.6 Å². The SMILES string of the molecule is CCOc1ccc(Oc2ccc(CBr)cn2)c(Cl)c1. The fraction of sp³-hybridized carbons (Fsp3) is 0.214. The molecule has 0 saturated heterocycles. The van der Waals surface area contributed by atoms with Crippen LogP contribution < -0.4 is 9.47 Å². The highest BCUT2D eigenvalue weighted by molar-refractivity contribution is 9.08. The standard InChI is InChI=1S/C14H13BrClNO2/c1-2-18-11-4-5-13(12(16)7-11)19-14-6-3-10(8-15)9-17-14/h3-7,9H,2,8H2,1H3. The summed E-state index contributed by atoms with van der Waals surface area (Å²) in [6, 6.07) is 9.07. The Morgan fingerprint density at radius 1 is 1.26 bits per heavy atom. The maximum atomic E-state index is 6.13. The van der Waals surface area contributed by atoms with Crippen molar-refractivity contribution < 1.29 is 9.47 Å². The summed E-state index contributed by atoms with van der Waals surface area (Å²) >= 11 is 9.50. The van der Waals surface area contributed by atoms with Crippen LogP contribution in [0.5, 0.6) is 17.4 Å². The van der Waals surface area contributed by atoms with E-state index in [1.54, 1.807) is 18.3 Å². The molecule has 0 radical (unpaired) electrons. The molecular formula is C14H13BrClNO2. The second kappa shape index (κ2) is 6.78. The van der Waals surface area contributed by atoms with Gasteiger partial charge in [0.15, 0.2) is 0 Å². The third kappa shape index (κ3) is 3.85. The van der Waals surface area contributed by atoms with Gasteiger partial charge in [0.2, 0.25) is 5.88 Å². The molecule has 0 unspecified atom stereocenters. The molecule has 19 heavy (non-hydrogen) atoms. The fourth-order valence-corrected chi connectivity index (χ4v) is 2.02. The Morgan fingerprint density at radius 3 is 2.68 bits per heavy atom. The van der Waals surface area contributed by atoms with Gasteiger partial charge in [0.25, 0.3) is 0 Å². The van der Waals surface area contributed by atoms with Gasteiger partial charge in [-0.25, -0.2) is 4.98 Å². The molecule has 0 atom stereocenters. The van der Waals surface area contributed by atoms with E-state index in [4.69, 9.17) is 21.1 Å². The second-order valence-electron chi connectivity index (χ2n) is 3.77. The van der Waals surface area contributed by atoms with E-state index in [0.29, 0.717) is 23.3 Å². The largest absolute Gasteiger partial charge is 0.494 e. The third-order valence-electron chi connectivity index (χ3n) is 2.38. The number of rotatable bonds is 5. The molecule has 0 bridgehead atoms. The number of halogens is 2. The van der Waals surface area contributed by atoms with E-state index in [1.165, 1.54) is 0 Å². The molecule has 0 aliphatic heterocycles. The molecule has 2 rings (SSSR count). The van der Waals surface area contributed by atoms with Crippen LogP contribution in [0.15, 0.2) is 36.5 Å². The molecule has 5 heteroatoms. The first kappa shape index (κ1) is 14.2. The lowest BCUT2D eigenvalue weighted by molar-refractivity contribution is 0.339. The smallest absolute Gasteiger partial charge is 0.219 e. The minimum Gasteiger partial charge on any atom is -0.494 e. The number of ether oxygens (including phenoxy) is 2. The average Bonchev–Trinajstić information content (AvgIpc) is 2.43. The number of nitrogens with zero attached hydrogens (tertiary/aromatic N) is 1. The van der Waals surface area contributed by atoms with Crippen molar-refractivity contribution in [2.75, 3.05) is 6.61 Å². The van der Waals surface area contributed by atoms with Crippen molar-refractivity contribution in [1.29, 1.82) is 0 Å². The van der Waals surface area contributed by atoms with Gasteiger partial charge in [0.05, 0.1) is 11.6 Å². The van der Waals surface area contributed by atoms with E-state index in [-0.39, 0.29) is 0 Å². The van der Waals surface area contributed by atoms with Crippen LogP contribution in [0.3, 0.4) is 0 Å². The molecule has 0 aliphatic carbocycles. The number of aromatic nitrogens is 1. The maximum Gasteiger partial charge on any atom is 0.219 e. The first-order valence-electron chi connectivity index (χ1n) is 5.84. The van der Waals surface area contributed by atoms with Crippen LogP contribution in [0, 0.1) is 0 Å². The number of hydrogen-bond donors (Lipinski definition) is 0. The second-order valence-corrected chi connectivity index (χ2v) is 4.73. The predicted octanol–water partition coefficient (Wildman–Crippen LogP) is 4.82.